The Morgan fingerprint density at radius 1 is 1.25 bits per heavy atom. The first-order valence-electron chi connectivity index (χ1n) is 8.12. The lowest BCUT2D eigenvalue weighted by Crippen LogP contribution is -2.31. The number of halogens is 1. The smallest absolute Gasteiger partial charge is 0.411 e. The molecule has 0 unspecified atom stereocenters. The number of ether oxygens (including phenoxy) is 1. The van der Waals surface area contributed by atoms with Crippen LogP contribution in [0, 0.1) is 0 Å². The molecule has 0 saturated carbocycles. The van der Waals surface area contributed by atoms with Crippen LogP contribution < -0.4 is 5.32 Å². The zero-order valence-electron chi connectivity index (χ0n) is 13.7. The molecule has 5 heteroatoms. The topological polar surface area (TPSA) is 41.6 Å². The van der Waals surface area contributed by atoms with Gasteiger partial charge in [-0.15, -0.1) is 0 Å². The number of rotatable bonds is 4. The maximum Gasteiger partial charge on any atom is 0.411 e. The summed E-state index contributed by atoms with van der Waals surface area (Å²) in [5.74, 6) is 0. The number of likely N-dealkylation sites (N-methyl/N-ethyl adjacent to an activating group) is 1. The molecule has 0 aliphatic carbocycles. The van der Waals surface area contributed by atoms with Gasteiger partial charge in [0.1, 0.15) is 6.61 Å². The summed E-state index contributed by atoms with van der Waals surface area (Å²) in [5, 5.41) is 3.53. The fourth-order valence-corrected chi connectivity index (χ4v) is 3.11. The van der Waals surface area contributed by atoms with Crippen LogP contribution in [-0.4, -0.2) is 37.2 Å². The molecule has 4 nitrogen and oxygen atoms in total. The van der Waals surface area contributed by atoms with Gasteiger partial charge in [-0.1, -0.05) is 41.9 Å². The maximum atomic E-state index is 12.1. The average molecular weight is 345 g/mol. The van der Waals surface area contributed by atoms with Gasteiger partial charge in [-0.25, -0.2) is 4.79 Å². The molecular weight excluding hydrogens is 324 g/mol. The summed E-state index contributed by atoms with van der Waals surface area (Å²) >= 11 is 5.94. The number of para-hydroxylation sites is 1. The number of benzene rings is 2. The number of likely N-dealkylation sites (tertiary alicyclic amines) is 1. The minimum absolute atomic E-state index is 0.322. The van der Waals surface area contributed by atoms with Gasteiger partial charge in [0, 0.05) is 16.6 Å². The lowest BCUT2D eigenvalue weighted by atomic mass is 10.0. The van der Waals surface area contributed by atoms with Crippen LogP contribution in [-0.2, 0) is 4.74 Å². The fraction of sp³-hybridized carbons (Fsp3) is 0.316. The Balaban J connectivity index is 1.66. The van der Waals surface area contributed by atoms with Crippen LogP contribution in [0.3, 0.4) is 0 Å². The Morgan fingerprint density at radius 3 is 2.71 bits per heavy atom. The molecule has 0 radical (unpaired) electrons. The Bertz CT molecular complexity index is 703. The number of carbonyl (C=O) groups is 1. The average Bonchev–Trinajstić information content (AvgIpc) is 2.99. The molecule has 126 valence electrons. The number of amides is 1. The molecule has 1 heterocycles. The molecule has 0 aromatic heterocycles. The van der Waals surface area contributed by atoms with E-state index in [2.05, 4.69) is 17.3 Å². The summed E-state index contributed by atoms with van der Waals surface area (Å²) < 4.78 is 5.40. The van der Waals surface area contributed by atoms with Crippen LogP contribution in [0.4, 0.5) is 10.5 Å². The van der Waals surface area contributed by atoms with E-state index in [0.29, 0.717) is 17.7 Å². The minimum Gasteiger partial charge on any atom is -0.448 e. The second kappa shape index (κ2) is 7.69. The van der Waals surface area contributed by atoms with Gasteiger partial charge in [0.15, 0.2) is 0 Å². The largest absolute Gasteiger partial charge is 0.448 e. The van der Waals surface area contributed by atoms with Gasteiger partial charge < -0.3 is 9.64 Å². The van der Waals surface area contributed by atoms with E-state index in [1.807, 2.05) is 48.5 Å². The summed E-state index contributed by atoms with van der Waals surface area (Å²) in [6, 6.07) is 15.5. The van der Waals surface area contributed by atoms with Crippen LogP contribution in [0.5, 0.6) is 0 Å². The van der Waals surface area contributed by atoms with Crippen molar-refractivity contribution in [2.45, 2.75) is 18.9 Å². The Hall–Kier alpha value is -2.04. The van der Waals surface area contributed by atoms with E-state index in [9.17, 15) is 4.79 Å². The lowest BCUT2D eigenvalue weighted by molar-refractivity contribution is 0.127. The highest BCUT2D eigenvalue weighted by Gasteiger charge is 2.22. The highest BCUT2D eigenvalue weighted by atomic mass is 35.5. The summed E-state index contributed by atoms with van der Waals surface area (Å²) in [5.41, 5.74) is 2.65. The molecule has 1 N–H and O–H groups in total. The maximum absolute atomic E-state index is 12.1. The van der Waals surface area contributed by atoms with Crippen molar-refractivity contribution < 1.29 is 9.53 Å². The van der Waals surface area contributed by atoms with Gasteiger partial charge in [-0.2, -0.15) is 0 Å². The van der Waals surface area contributed by atoms with E-state index in [1.165, 1.54) is 0 Å². The standard InChI is InChI=1S/C19H21ClN2O2/c1-22-12-4-5-16(22)13-24-19(23)21-18-7-3-2-6-17(18)14-8-10-15(20)11-9-14/h2-3,6-11,16H,4-5,12-13H2,1H3,(H,21,23)/t16-/m0/s1. The summed E-state index contributed by atoms with van der Waals surface area (Å²) in [6.07, 6.45) is 1.81. The zero-order chi connectivity index (χ0) is 16.9. The van der Waals surface area contributed by atoms with E-state index < -0.39 is 6.09 Å². The Labute approximate surface area is 147 Å². The Kier molecular flexibility index (Phi) is 5.38. The van der Waals surface area contributed by atoms with E-state index in [4.69, 9.17) is 16.3 Å². The molecule has 1 aliphatic heterocycles. The van der Waals surface area contributed by atoms with Crippen LogP contribution in [0.15, 0.2) is 48.5 Å². The molecule has 2 aromatic rings. The second-order valence-electron chi connectivity index (χ2n) is 6.05. The quantitative estimate of drug-likeness (QED) is 0.877. The normalized spacial score (nSPS) is 17.7. The van der Waals surface area contributed by atoms with Crippen molar-refractivity contribution in [1.82, 2.24) is 4.90 Å². The highest BCUT2D eigenvalue weighted by Crippen LogP contribution is 2.29. The first kappa shape index (κ1) is 16.8. The van der Waals surface area contributed by atoms with Gasteiger partial charge in [-0.05, 0) is 50.2 Å². The zero-order valence-corrected chi connectivity index (χ0v) is 14.4. The van der Waals surface area contributed by atoms with Crippen LogP contribution in [0.25, 0.3) is 11.1 Å². The van der Waals surface area contributed by atoms with Gasteiger partial charge in [0.05, 0.1) is 5.69 Å². The van der Waals surface area contributed by atoms with Crippen molar-refractivity contribution in [3.63, 3.8) is 0 Å². The Morgan fingerprint density at radius 2 is 2.00 bits per heavy atom. The molecule has 0 bridgehead atoms. The SMILES string of the molecule is CN1CCC[C@H]1COC(=O)Nc1ccccc1-c1ccc(Cl)cc1. The summed E-state index contributed by atoms with van der Waals surface area (Å²) in [4.78, 5) is 14.4. The molecule has 24 heavy (non-hydrogen) atoms. The van der Waals surface area contributed by atoms with Crippen molar-refractivity contribution in [3.8, 4) is 11.1 Å². The number of nitrogens with zero attached hydrogens (tertiary/aromatic N) is 1. The first-order chi connectivity index (χ1) is 11.6. The second-order valence-corrected chi connectivity index (χ2v) is 6.49. The molecule has 1 atom stereocenters. The van der Waals surface area contributed by atoms with Crippen molar-refractivity contribution in [1.29, 1.82) is 0 Å². The number of hydrogen-bond acceptors (Lipinski definition) is 3. The molecule has 0 spiro atoms. The van der Waals surface area contributed by atoms with Gasteiger partial charge in [-0.3, -0.25) is 5.32 Å². The molecule has 2 aromatic carbocycles. The van der Waals surface area contributed by atoms with Crippen molar-refractivity contribution in [3.05, 3.63) is 53.6 Å². The van der Waals surface area contributed by atoms with Crippen LogP contribution in [0.2, 0.25) is 5.02 Å². The highest BCUT2D eigenvalue weighted by molar-refractivity contribution is 6.30. The molecule has 1 saturated heterocycles. The predicted octanol–water partition coefficient (Wildman–Crippen LogP) is 4.65. The van der Waals surface area contributed by atoms with Crippen LogP contribution in [0.1, 0.15) is 12.8 Å². The number of carbonyl (C=O) groups excluding carboxylic acids is 1. The molecule has 1 fully saturated rings. The summed E-state index contributed by atoms with van der Waals surface area (Å²) in [6.45, 7) is 1.49. The van der Waals surface area contributed by atoms with Crippen molar-refractivity contribution >= 4 is 23.4 Å². The van der Waals surface area contributed by atoms with Gasteiger partial charge in [0.2, 0.25) is 0 Å². The van der Waals surface area contributed by atoms with Crippen molar-refractivity contribution in [2.24, 2.45) is 0 Å². The third-order valence-electron chi connectivity index (χ3n) is 4.40. The predicted molar refractivity (Wildman–Crippen MR) is 97.5 cm³/mol. The van der Waals surface area contributed by atoms with Crippen molar-refractivity contribution in [2.75, 3.05) is 25.5 Å². The first-order valence-corrected chi connectivity index (χ1v) is 8.50. The molecule has 3 rings (SSSR count). The van der Waals surface area contributed by atoms with Crippen LogP contribution >= 0.6 is 11.6 Å². The van der Waals surface area contributed by atoms with E-state index in [1.54, 1.807) is 0 Å². The van der Waals surface area contributed by atoms with Gasteiger partial charge >= 0.3 is 6.09 Å². The number of hydrogen-bond donors (Lipinski definition) is 1. The lowest BCUT2D eigenvalue weighted by Gasteiger charge is -2.19. The van der Waals surface area contributed by atoms with Gasteiger partial charge in [0.25, 0.3) is 0 Å². The number of nitrogens with one attached hydrogen (secondary N) is 1. The number of anilines is 1. The summed E-state index contributed by atoms with van der Waals surface area (Å²) in [7, 11) is 2.06. The molecule has 1 amide bonds. The monoisotopic (exact) mass is 344 g/mol. The third-order valence-corrected chi connectivity index (χ3v) is 4.65. The third kappa shape index (κ3) is 4.08. The minimum atomic E-state index is -0.420. The van der Waals surface area contributed by atoms with E-state index in [0.717, 1.165) is 36.2 Å². The fourth-order valence-electron chi connectivity index (χ4n) is 2.98. The molecule has 1 aliphatic rings. The van der Waals surface area contributed by atoms with E-state index in [-0.39, 0.29) is 0 Å². The molecular formula is C19H21ClN2O2. The van der Waals surface area contributed by atoms with E-state index >= 15 is 0 Å².